The third kappa shape index (κ3) is 2.73. The molecule has 2 aromatic carbocycles. The first-order valence-electron chi connectivity index (χ1n) is 6.11. The van der Waals surface area contributed by atoms with Gasteiger partial charge in [0.25, 0.3) is 0 Å². The number of nitrogens with zero attached hydrogens (tertiary/aromatic N) is 1. The van der Waals surface area contributed by atoms with Crippen molar-refractivity contribution in [3.05, 3.63) is 53.8 Å². The highest BCUT2D eigenvalue weighted by Gasteiger charge is 2.14. The van der Waals surface area contributed by atoms with Crippen LogP contribution in [-0.4, -0.2) is 11.0 Å². The summed E-state index contributed by atoms with van der Waals surface area (Å²) in [6.45, 7) is 0. The number of rotatable bonds is 2. The van der Waals surface area contributed by atoms with Gasteiger partial charge in [-0.1, -0.05) is 23.5 Å². The van der Waals surface area contributed by atoms with Gasteiger partial charge in [0.1, 0.15) is 28.7 Å². The lowest BCUT2D eigenvalue weighted by Crippen LogP contribution is -2.20. The fourth-order valence-electron chi connectivity index (χ4n) is 1.83. The van der Waals surface area contributed by atoms with Crippen molar-refractivity contribution in [2.24, 2.45) is 0 Å². The lowest BCUT2D eigenvalue weighted by atomic mass is 10.3. The Balaban J connectivity index is 1.80. The van der Waals surface area contributed by atoms with Gasteiger partial charge in [-0.05, 0) is 24.3 Å². The normalized spacial score (nSPS) is 10.7. The van der Waals surface area contributed by atoms with Crippen LogP contribution < -0.4 is 10.6 Å². The van der Waals surface area contributed by atoms with Crippen molar-refractivity contribution in [3.63, 3.8) is 0 Å². The molecule has 4 nitrogen and oxygen atoms in total. The van der Waals surface area contributed by atoms with Crippen LogP contribution in [0.15, 0.2) is 36.4 Å². The van der Waals surface area contributed by atoms with Crippen LogP contribution in [0.25, 0.3) is 10.2 Å². The average Bonchev–Trinajstić information content (AvgIpc) is 2.87. The molecule has 0 saturated heterocycles. The zero-order chi connectivity index (χ0) is 15.7. The fraction of sp³-hybridized carbons (Fsp3) is 0. The molecule has 0 saturated carbocycles. The molecule has 0 aliphatic carbocycles. The second-order valence-corrected chi connectivity index (χ2v) is 5.31. The number of urea groups is 1. The third-order valence-electron chi connectivity index (χ3n) is 2.79. The van der Waals surface area contributed by atoms with Crippen LogP contribution in [-0.2, 0) is 0 Å². The molecule has 0 aliphatic rings. The van der Waals surface area contributed by atoms with Crippen molar-refractivity contribution in [3.8, 4) is 0 Å². The van der Waals surface area contributed by atoms with Gasteiger partial charge in [0.05, 0.1) is 4.70 Å². The lowest BCUT2D eigenvalue weighted by Gasteiger charge is -2.07. The Kier molecular flexibility index (Phi) is 3.68. The van der Waals surface area contributed by atoms with Crippen LogP contribution in [0.4, 0.5) is 28.8 Å². The predicted octanol–water partition coefficient (Wildman–Crippen LogP) is 4.36. The molecule has 2 N–H and O–H groups in total. The maximum Gasteiger partial charge on any atom is 0.325 e. The second kappa shape index (κ2) is 5.64. The molecule has 112 valence electrons. The molecule has 1 aromatic heterocycles. The molecular weight excluding hydrogens is 315 g/mol. The van der Waals surface area contributed by atoms with Gasteiger partial charge in [-0.15, -0.1) is 0 Å². The van der Waals surface area contributed by atoms with Gasteiger partial charge in [0.2, 0.25) is 0 Å². The number of halogens is 3. The van der Waals surface area contributed by atoms with Crippen molar-refractivity contribution in [1.82, 2.24) is 4.98 Å². The number of fused-ring (bicyclic) bond motifs is 1. The standard InChI is InChI=1S/C14H8F3N3OS/c15-7-3-1-4-8(16)11(7)18-13(21)20-14-19-12-9(17)5-2-6-10(12)22-14/h1-6H,(H2,18,19,20,21). The van der Waals surface area contributed by atoms with Crippen molar-refractivity contribution in [2.75, 3.05) is 10.6 Å². The number of carbonyl (C=O) groups is 1. The number of anilines is 2. The lowest BCUT2D eigenvalue weighted by molar-refractivity contribution is 0.262. The number of benzene rings is 2. The van der Waals surface area contributed by atoms with E-state index in [-0.39, 0.29) is 10.6 Å². The van der Waals surface area contributed by atoms with Gasteiger partial charge < -0.3 is 5.32 Å². The predicted molar refractivity (Wildman–Crippen MR) is 78.6 cm³/mol. The van der Waals surface area contributed by atoms with Gasteiger partial charge >= 0.3 is 6.03 Å². The molecule has 0 unspecified atom stereocenters. The number of aromatic nitrogens is 1. The molecule has 0 spiro atoms. The zero-order valence-corrected chi connectivity index (χ0v) is 11.7. The van der Waals surface area contributed by atoms with Gasteiger partial charge in [0, 0.05) is 0 Å². The van der Waals surface area contributed by atoms with Gasteiger partial charge in [0.15, 0.2) is 5.13 Å². The van der Waals surface area contributed by atoms with Crippen molar-refractivity contribution < 1.29 is 18.0 Å². The minimum atomic E-state index is -0.898. The minimum absolute atomic E-state index is 0.120. The van der Waals surface area contributed by atoms with Crippen molar-refractivity contribution in [2.45, 2.75) is 0 Å². The van der Waals surface area contributed by atoms with E-state index >= 15 is 0 Å². The summed E-state index contributed by atoms with van der Waals surface area (Å²) in [6, 6.07) is 6.77. The molecule has 0 atom stereocenters. The van der Waals surface area contributed by atoms with E-state index in [4.69, 9.17) is 0 Å². The number of para-hydroxylation sites is 2. The Morgan fingerprint density at radius 1 is 0.955 bits per heavy atom. The van der Waals surface area contributed by atoms with Crippen molar-refractivity contribution in [1.29, 1.82) is 0 Å². The van der Waals surface area contributed by atoms with Crippen LogP contribution >= 0.6 is 11.3 Å². The maximum absolute atomic E-state index is 13.5. The SMILES string of the molecule is O=C(Nc1nc2c(F)cccc2s1)Nc1c(F)cccc1F. The summed E-state index contributed by atoms with van der Waals surface area (Å²) in [5.41, 5.74) is -0.438. The number of thiazole rings is 1. The van der Waals surface area contributed by atoms with Crippen LogP contribution in [0.2, 0.25) is 0 Å². The average molecular weight is 323 g/mol. The summed E-state index contributed by atoms with van der Waals surface area (Å²) in [5, 5.41) is 4.50. The van der Waals surface area contributed by atoms with E-state index in [9.17, 15) is 18.0 Å². The van der Waals surface area contributed by atoms with Crippen molar-refractivity contribution >= 4 is 38.4 Å². The highest BCUT2D eigenvalue weighted by atomic mass is 32.1. The Hall–Kier alpha value is -2.61. The zero-order valence-electron chi connectivity index (χ0n) is 10.9. The molecule has 2 amide bonds. The summed E-state index contributed by atoms with van der Waals surface area (Å²) in [7, 11) is 0. The van der Waals surface area contributed by atoms with Crippen LogP contribution in [0.1, 0.15) is 0 Å². The number of amides is 2. The summed E-state index contributed by atoms with van der Waals surface area (Å²) < 4.78 is 40.9. The molecule has 0 radical (unpaired) electrons. The van der Waals surface area contributed by atoms with Gasteiger partial charge in [-0.2, -0.15) is 0 Å². The first-order chi connectivity index (χ1) is 10.5. The maximum atomic E-state index is 13.5. The van der Waals surface area contributed by atoms with E-state index in [1.54, 1.807) is 6.07 Å². The number of hydrogen-bond donors (Lipinski definition) is 2. The topological polar surface area (TPSA) is 54.0 Å². The third-order valence-corrected chi connectivity index (χ3v) is 3.73. The second-order valence-electron chi connectivity index (χ2n) is 4.28. The molecule has 0 bridgehead atoms. The van der Waals surface area contributed by atoms with E-state index in [0.717, 1.165) is 23.5 Å². The number of hydrogen-bond acceptors (Lipinski definition) is 3. The van der Waals surface area contributed by atoms with Crippen LogP contribution in [0.5, 0.6) is 0 Å². The number of nitrogens with one attached hydrogen (secondary N) is 2. The number of carbonyl (C=O) groups excluding carboxylic acids is 1. The van der Waals surface area contributed by atoms with E-state index in [2.05, 4.69) is 15.6 Å². The molecule has 0 aliphatic heterocycles. The van der Waals surface area contributed by atoms with E-state index < -0.39 is 29.2 Å². The monoisotopic (exact) mass is 323 g/mol. The summed E-state index contributed by atoms with van der Waals surface area (Å²) in [6.07, 6.45) is 0. The highest BCUT2D eigenvalue weighted by molar-refractivity contribution is 7.22. The summed E-state index contributed by atoms with van der Waals surface area (Å²) in [5.74, 6) is -2.31. The Bertz CT molecular complexity index is 845. The molecule has 1 heterocycles. The van der Waals surface area contributed by atoms with Crippen LogP contribution in [0, 0.1) is 17.5 Å². The molecule has 3 aromatic rings. The fourth-order valence-corrected chi connectivity index (χ4v) is 2.70. The van der Waals surface area contributed by atoms with E-state index in [1.165, 1.54) is 18.2 Å². The Labute approximate surface area is 126 Å². The molecule has 3 rings (SSSR count). The Morgan fingerprint density at radius 3 is 2.27 bits per heavy atom. The quantitative estimate of drug-likeness (QED) is 0.736. The smallest absolute Gasteiger partial charge is 0.302 e. The molecule has 22 heavy (non-hydrogen) atoms. The van der Waals surface area contributed by atoms with E-state index in [1.807, 2.05) is 0 Å². The molecule has 8 heteroatoms. The van der Waals surface area contributed by atoms with E-state index in [0.29, 0.717) is 4.70 Å². The summed E-state index contributed by atoms with van der Waals surface area (Å²) in [4.78, 5) is 15.7. The van der Waals surface area contributed by atoms with Gasteiger partial charge in [-0.25, -0.2) is 22.9 Å². The molecule has 0 fully saturated rings. The summed E-state index contributed by atoms with van der Waals surface area (Å²) >= 11 is 1.05. The van der Waals surface area contributed by atoms with Crippen LogP contribution in [0.3, 0.4) is 0 Å². The molecular formula is C14H8F3N3OS. The largest absolute Gasteiger partial charge is 0.325 e. The highest BCUT2D eigenvalue weighted by Crippen LogP contribution is 2.27. The van der Waals surface area contributed by atoms with Gasteiger partial charge in [-0.3, -0.25) is 5.32 Å². The first kappa shape index (κ1) is 14.3. The minimum Gasteiger partial charge on any atom is -0.302 e. The first-order valence-corrected chi connectivity index (χ1v) is 6.93. The Morgan fingerprint density at radius 2 is 1.59 bits per heavy atom.